The Balaban J connectivity index is 2.17. The van der Waals surface area contributed by atoms with Crippen LogP contribution >= 0.6 is 11.3 Å². The number of halogens is 3. The van der Waals surface area contributed by atoms with E-state index in [4.69, 9.17) is 4.74 Å². The van der Waals surface area contributed by atoms with Crippen LogP contribution in [0.4, 0.5) is 13.2 Å². The van der Waals surface area contributed by atoms with Gasteiger partial charge in [-0.15, -0.1) is 11.3 Å². The van der Waals surface area contributed by atoms with Crippen molar-refractivity contribution in [1.82, 2.24) is 15.3 Å². The second kappa shape index (κ2) is 6.82. The summed E-state index contributed by atoms with van der Waals surface area (Å²) >= 11 is 0.914. The molecular weight excluding hydrogens is 363 g/mol. The number of nitrogens with one attached hydrogen (secondary N) is 2. The van der Waals surface area contributed by atoms with Crippen LogP contribution < -0.4 is 10.9 Å². The summed E-state index contributed by atoms with van der Waals surface area (Å²) in [5, 5.41) is 1.86. The number of aryl methyl sites for hydroxylation is 2. The molecule has 136 valence electrons. The Kier molecular flexibility index (Phi) is 5.16. The molecule has 2 aromatic rings. The fraction of sp³-hybridized carbons (Fsp3) is 0.429. The van der Waals surface area contributed by atoms with E-state index in [1.807, 2.05) is 0 Å². The largest absolute Gasteiger partial charge is 0.448 e. The maximum Gasteiger partial charge on any atom is 0.405 e. The summed E-state index contributed by atoms with van der Waals surface area (Å²) in [6.07, 6.45) is -5.99. The summed E-state index contributed by atoms with van der Waals surface area (Å²) in [6, 6.07) is 0. The van der Waals surface area contributed by atoms with E-state index in [2.05, 4.69) is 9.97 Å². The molecule has 2 N–H and O–H groups in total. The van der Waals surface area contributed by atoms with Crippen LogP contribution in [-0.4, -0.2) is 40.7 Å². The zero-order valence-electron chi connectivity index (χ0n) is 13.4. The molecule has 11 heteroatoms. The predicted molar refractivity (Wildman–Crippen MR) is 83.7 cm³/mol. The van der Waals surface area contributed by atoms with E-state index in [-0.39, 0.29) is 10.3 Å². The van der Waals surface area contributed by atoms with Crippen LogP contribution in [0.2, 0.25) is 0 Å². The van der Waals surface area contributed by atoms with Crippen LogP contribution in [0.15, 0.2) is 4.79 Å². The van der Waals surface area contributed by atoms with E-state index in [9.17, 15) is 27.6 Å². The number of esters is 1. The molecule has 0 radical (unpaired) electrons. The number of aromatic nitrogens is 2. The van der Waals surface area contributed by atoms with Crippen molar-refractivity contribution in [2.24, 2.45) is 0 Å². The number of H-pyrrole nitrogens is 1. The highest BCUT2D eigenvalue weighted by Gasteiger charge is 2.30. The molecule has 1 atom stereocenters. The van der Waals surface area contributed by atoms with Gasteiger partial charge in [0.05, 0.1) is 5.39 Å². The molecule has 0 fully saturated rings. The van der Waals surface area contributed by atoms with Gasteiger partial charge in [-0.05, 0) is 26.3 Å². The summed E-state index contributed by atoms with van der Waals surface area (Å²) in [4.78, 5) is 42.7. The van der Waals surface area contributed by atoms with Gasteiger partial charge in [0.15, 0.2) is 6.10 Å². The summed E-state index contributed by atoms with van der Waals surface area (Å²) in [5.74, 6) is -1.61. The number of hydrogen-bond donors (Lipinski definition) is 2. The number of nitrogens with zero attached hydrogens (tertiary/aromatic N) is 1. The van der Waals surface area contributed by atoms with Crippen molar-refractivity contribution in [2.45, 2.75) is 33.1 Å². The van der Waals surface area contributed by atoms with Crippen LogP contribution in [-0.2, 0) is 9.53 Å². The van der Waals surface area contributed by atoms with Gasteiger partial charge in [-0.3, -0.25) is 9.59 Å². The highest BCUT2D eigenvalue weighted by Crippen LogP contribution is 2.27. The van der Waals surface area contributed by atoms with Gasteiger partial charge < -0.3 is 15.0 Å². The van der Waals surface area contributed by atoms with Gasteiger partial charge in [0.1, 0.15) is 22.1 Å². The van der Waals surface area contributed by atoms with Gasteiger partial charge in [0.25, 0.3) is 11.5 Å². The SMILES string of the molecule is Cc1nc2sc(C(=O)OC(C)C(=O)NCC(F)(F)F)c(C)c2c(=O)[nH]1. The molecule has 0 spiro atoms. The fourth-order valence-corrected chi connectivity index (χ4v) is 3.16. The van der Waals surface area contributed by atoms with Crippen LogP contribution in [0.25, 0.3) is 10.2 Å². The second-order valence-electron chi connectivity index (χ2n) is 5.27. The van der Waals surface area contributed by atoms with Gasteiger partial charge in [0, 0.05) is 0 Å². The molecule has 25 heavy (non-hydrogen) atoms. The quantitative estimate of drug-likeness (QED) is 0.792. The number of fused-ring (bicyclic) bond motifs is 1. The van der Waals surface area contributed by atoms with Crippen molar-refractivity contribution in [2.75, 3.05) is 6.54 Å². The first-order valence-electron chi connectivity index (χ1n) is 7.05. The summed E-state index contributed by atoms with van der Waals surface area (Å²) in [6.45, 7) is 2.74. The van der Waals surface area contributed by atoms with Crippen molar-refractivity contribution in [3.63, 3.8) is 0 Å². The average molecular weight is 377 g/mol. The highest BCUT2D eigenvalue weighted by molar-refractivity contribution is 7.20. The van der Waals surface area contributed by atoms with Gasteiger partial charge >= 0.3 is 12.1 Å². The minimum atomic E-state index is -4.56. The highest BCUT2D eigenvalue weighted by atomic mass is 32.1. The molecule has 0 aliphatic carbocycles. The molecule has 1 unspecified atom stereocenters. The van der Waals surface area contributed by atoms with E-state index in [0.717, 1.165) is 18.3 Å². The van der Waals surface area contributed by atoms with E-state index in [1.165, 1.54) is 6.92 Å². The van der Waals surface area contributed by atoms with Gasteiger partial charge in [-0.1, -0.05) is 0 Å². The average Bonchev–Trinajstić information content (AvgIpc) is 2.80. The summed E-state index contributed by atoms with van der Waals surface area (Å²) in [5.41, 5.74) is -0.0760. The molecule has 2 heterocycles. The third-order valence-corrected chi connectivity index (χ3v) is 4.39. The Hall–Kier alpha value is -2.43. The van der Waals surface area contributed by atoms with E-state index < -0.39 is 36.3 Å². The summed E-state index contributed by atoms with van der Waals surface area (Å²) < 4.78 is 41.2. The minimum absolute atomic E-state index is 0.0640. The number of carbonyl (C=O) groups excluding carboxylic acids is 2. The number of thiophene rings is 1. The molecule has 0 bridgehead atoms. The number of aromatic amines is 1. The third kappa shape index (κ3) is 4.35. The van der Waals surface area contributed by atoms with Crippen LogP contribution in [0.3, 0.4) is 0 Å². The minimum Gasteiger partial charge on any atom is -0.448 e. The van der Waals surface area contributed by atoms with Crippen molar-refractivity contribution < 1.29 is 27.5 Å². The zero-order valence-corrected chi connectivity index (χ0v) is 14.2. The molecule has 0 saturated heterocycles. The summed E-state index contributed by atoms with van der Waals surface area (Å²) in [7, 11) is 0. The smallest absolute Gasteiger partial charge is 0.405 e. The Morgan fingerprint density at radius 3 is 2.60 bits per heavy atom. The van der Waals surface area contributed by atoms with Gasteiger partial charge in [-0.2, -0.15) is 13.2 Å². The van der Waals surface area contributed by atoms with E-state index >= 15 is 0 Å². The number of rotatable bonds is 4. The lowest BCUT2D eigenvalue weighted by molar-refractivity contribution is -0.143. The Morgan fingerprint density at radius 1 is 1.36 bits per heavy atom. The lowest BCUT2D eigenvalue weighted by Crippen LogP contribution is -2.40. The molecule has 1 amide bonds. The third-order valence-electron chi connectivity index (χ3n) is 3.22. The first-order valence-corrected chi connectivity index (χ1v) is 7.86. The van der Waals surface area contributed by atoms with Gasteiger partial charge in [0.2, 0.25) is 0 Å². The molecule has 0 aromatic carbocycles. The van der Waals surface area contributed by atoms with E-state index in [1.54, 1.807) is 12.2 Å². The van der Waals surface area contributed by atoms with Crippen LogP contribution in [0, 0.1) is 13.8 Å². The van der Waals surface area contributed by atoms with Crippen molar-refractivity contribution in [3.05, 3.63) is 26.6 Å². The first-order chi connectivity index (χ1) is 11.5. The standard InChI is InChI=1S/C14H14F3N3O4S/c1-5-8-11(22)19-7(3)20-12(8)25-9(5)13(23)24-6(2)10(21)18-4-14(15,16)17/h6H,4H2,1-3H3,(H,18,21)(H,19,20,22). The lowest BCUT2D eigenvalue weighted by atomic mass is 10.2. The Bertz CT molecular complexity index is 888. The monoisotopic (exact) mass is 377 g/mol. The number of carbonyl (C=O) groups is 2. The lowest BCUT2D eigenvalue weighted by Gasteiger charge is -2.14. The van der Waals surface area contributed by atoms with Crippen molar-refractivity contribution in [3.8, 4) is 0 Å². The topological polar surface area (TPSA) is 101 Å². The van der Waals surface area contributed by atoms with Gasteiger partial charge in [-0.25, -0.2) is 9.78 Å². The maximum atomic E-state index is 12.2. The number of amides is 1. The van der Waals surface area contributed by atoms with Crippen LogP contribution in [0.1, 0.15) is 28.0 Å². The molecular formula is C14H14F3N3O4S. The number of ether oxygens (including phenoxy) is 1. The Morgan fingerprint density at radius 2 is 2.00 bits per heavy atom. The normalized spacial score (nSPS) is 12.9. The molecule has 2 aromatic heterocycles. The first kappa shape index (κ1) is 18.9. The number of hydrogen-bond acceptors (Lipinski definition) is 6. The molecule has 7 nitrogen and oxygen atoms in total. The van der Waals surface area contributed by atoms with E-state index in [0.29, 0.717) is 16.2 Å². The fourth-order valence-electron chi connectivity index (χ4n) is 2.04. The molecule has 0 aliphatic heterocycles. The van der Waals surface area contributed by atoms with Crippen molar-refractivity contribution in [1.29, 1.82) is 0 Å². The zero-order chi connectivity index (χ0) is 18.9. The molecule has 2 rings (SSSR count). The second-order valence-corrected chi connectivity index (χ2v) is 6.27. The van der Waals surface area contributed by atoms with Crippen molar-refractivity contribution >= 4 is 33.4 Å². The predicted octanol–water partition coefficient (Wildman–Crippen LogP) is 1.83. The number of alkyl halides is 3. The molecule has 0 aliphatic rings. The maximum absolute atomic E-state index is 12.2. The molecule has 0 saturated carbocycles. The van der Waals surface area contributed by atoms with Crippen LogP contribution in [0.5, 0.6) is 0 Å². The Labute approximate surface area is 143 Å².